The van der Waals surface area contributed by atoms with Crippen molar-refractivity contribution in [3.63, 3.8) is 0 Å². The molecule has 0 aliphatic carbocycles. The summed E-state index contributed by atoms with van der Waals surface area (Å²) in [5.74, 6) is 0. The normalized spacial score (nSPS) is 10.8. The maximum atomic E-state index is 6.21. The first kappa shape index (κ1) is 9.75. The molecule has 0 bridgehead atoms. The van der Waals surface area contributed by atoms with Crippen molar-refractivity contribution in [2.24, 2.45) is 0 Å². The smallest absolute Gasteiger partial charge is 0.170 e. The Balaban J connectivity index is 2.27. The summed E-state index contributed by atoms with van der Waals surface area (Å²) in [7, 11) is 0. The fourth-order valence-corrected chi connectivity index (χ4v) is 2.55. The number of fused-ring (bicyclic) bond motifs is 1. The molecule has 0 aliphatic rings. The second-order valence-corrected chi connectivity index (χ2v) is 4.65. The van der Waals surface area contributed by atoms with Crippen LogP contribution in [0.15, 0.2) is 41.9 Å². The van der Waals surface area contributed by atoms with Crippen LogP contribution in [0.25, 0.3) is 21.6 Å². The lowest BCUT2D eigenvalue weighted by atomic mass is 10.1. The van der Waals surface area contributed by atoms with Gasteiger partial charge in [0.2, 0.25) is 0 Å². The first-order valence-corrected chi connectivity index (χ1v) is 6.05. The summed E-state index contributed by atoms with van der Waals surface area (Å²) in [4.78, 5) is 8.67. The number of aromatic nitrogens is 2. The highest BCUT2D eigenvalue weighted by Gasteiger charge is 2.08. The van der Waals surface area contributed by atoms with Gasteiger partial charge in [-0.25, -0.2) is 9.97 Å². The van der Waals surface area contributed by atoms with Crippen molar-refractivity contribution in [1.29, 1.82) is 0 Å². The molecule has 0 fully saturated rings. The maximum Gasteiger partial charge on any atom is 0.170 e. The van der Waals surface area contributed by atoms with Crippen molar-refractivity contribution in [1.82, 2.24) is 9.97 Å². The predicted molar refractivity (Wildman–Crippen MR) is 67.9 cm³/mol. The molecule has 0 saturated carbocycles. The van der Waals surface area contributed by atoms with E-state index in [1.807, 2.05) is 36.4 Å². The van der Waals surface area contributed by atoms with Crippen LogP contribution >= 0.6 is 22.9 Å². The van der Waals surface area contributed by atoms with E-state index in [-0.39, 0.29) is 0 Å². The third-order valence-corrected chi connectivity index (χ3v) is 3.38. The number of rotatable bonds is 1. The van der Waals surface area contributed by atoms with Gasteiger partial charge in [-0.1, -0.05) is 41.9 Å². The van der Waals surface area contributed by atoms with Crippen LogP contribution in [0, 0.1) is 0 Å². The van der Waals surface area contributed by atoms with Gasteiger partial charge in [-0.05, 0) is 6.07 Å². The molecule has 0 atom stereocenters. The second-order valence-electron chi connectivity index (χ2n) is 3.36. The van der Waals surface area contributed by atoms with Crippen molar-refractivity contribution in [3.05, 3.63) is 46.9 Å². The topological polar surface area (TPSA) is 25.8 Å². The van der Waals surface area contributed by atoms with E-state index in [9.17, 15) is 0 Å². The molecule has 2 heterocycles. The lowest BCUT2D eigenvalue weighted by molar-refractivity contribution is 1.33. The van der Waals surface area contributed by atoms with Gasteiger partial charge in [-0.15, -0.1) is 11.3 Å². The molecule has 0 saturated heterocycles. The van der Waals surface area contributed by atoms with Crippen molar-refractivity contribution in [2.45, 2.75) is 0 Å². The van der Waals surface area contributed by atoms with Crippen LogP contribution in [0.1, 0.15) is 0 Å². The number of pyridine rings is 1. The fraction of sp³-hybridized carbons (Fsp3) is 0. The highest BCUT2D eigenvalue weighted by Crippen LogP contribution is 2.29. The number of thiazole rings is 1. The average molecular weight is 247 g/mol. The van der Waals surface area contributed by atoms with E-state index in [1.54, 1.807) is 16.8 Å². The largest absolute Gasteiger partial charge is 0.226 e. The first-order chi connectivity index (χ1) is 7.84. The van der Waals surface area contributed by atoms with E-state index in [0.29, 0.717) is 5.02 Å². The zero-order chi connectivity index (χ0) is 11.0. The van der Waals surface area contributed by atoms with Crippen LogP contribution in [-0.4, -0.2) is 9.97 Å². The standard InChI is InChI=1S/C12H7ClN2S/c13-9-6-10-12(14-7-16-10)15-11(9)8-4-2-1-3-5-8/h1-7H. The molecule has 78 valence electrons. The molecular formula is C12H7ClN2S. The molecule has 0 spiro atoms. The molecule has 16 heavy (non-hydrogen) atoms. The van der Waals surface area contributed by atoms with Gasteiger partial charge in [-0.3, -0.25) is 0 Å². The molecule has 3 aromatic rings. The monoisotopic (exact) mass is 246 g/mol. The Labute approximate surface area is 102 Å². The molecule has 0 unspecified atom stereocenters. The van der Waals surface area contributed by atoms with Crippen LogP contribution < -0.4 is 0 Å². The van der Waals surface area contributed by atoms with Gasteiger partial charge in [0.15, 0.2) is 5.65 Å². The maximum absolute atomic E-state index is 6.21. The summed E-state index contributed by atoms with van der Waals surface area (Å²) in [6.45, 7) is 0. The number of nitrogens with zero attached hydrogens (tertiary/aromatic N) is 2. The summed E-state index contributed by atoms with van der Waals surface area (Å²) >= 11 is 7.76. The Morgan fingerprint density at radius 3 is 2.75 bits per heavy atom. The number of benzene rings is 1. The van der Waals surface area contributed by atoms with Gasteiger partial charge < -0.3 is 0 Å². The van der Waals surface area contributed by atoms with Crippen LogP contribution in [0.3, 0.4) is 0 Å². The van der Waals surface area contributed by atoms with Gasteiger partial charge in [-0.2, -0.15) is 0 Å². The third-order valence-electron chi connectivity index (χ3n) is 2.32. The van der Waals surface area contributed by atoms with Gasteiger partial charge in [0.25, 0.3) is 0 Å². The van der Waals surface area contributed by atoms with E-state index < -0.39 is 0 Å². The van der Waals surface area contributed by atoms with E-state index in [4.69, 9.17) is 11.6 Å². The van der Waals surface area contributed by atoms with Crippen molar-refractivity contribution >= 4 is 33.3 Å². The van der Waals surface area contributed by atoms with E-state index in [2.05, 4.69) is 9.97 Å². The molecule has 2 nitrogen and oxygen atoms in total. The molecular weight excluding hydrogens is 240 g/mol. The zero-order valence-electron chi connectivity index (χ0n) is 8.22. The molecule has 0 amide bonds. The van der Waals surface area contributed by atoms with Crippen LogP contribution in [0.4, 0.5) is 0 Å². The molecule has 0 radical (unpaired) electrons. The van der Waals surface area contributed by atoms with Gasteiger partial charge in [0.05, 0.1) is 20.9 Å². The van der Waals surface area contributed by atoms with Crippen LogP contribution in [-0.2, 0) is 0 Å². The minimum Gasteiger partial charge on any atom is -0.226 e. The van der Waals surface area contributed by atoms with Gasteiger partial charge >= 0.3 is 0 Å². The van der Waals surface area contributed by atoms with E-state index in [0.717, 1.165) is 21.6 Å². The number of halogens is 1. The Kier molecular flexibility index (Phi) is 2.35. The Morgan fingerprint density at radius 1 is 1.12 bits per heavy atom. The second kappa shape index (κ2) is 3.85. The molecule has 1 aromatic carbocycles. The average Bonchev–Trinajstić information content (AvgIpc) is 2.76. The fourth-order valence-electron chi connectivity index (χ4n) is 1.57. The predicted octanol–water partition coefficient (Wildman–Crippen LogP) is 4.01. The van der Waals surface area contributed by atoms with Crippen molar-refractivity contribution < 1.29 is 0 Å². The first-order valence-electron chi connectivity index (χ1n) is 4.80. The summed E-state index contributed by atoms with van der Waals surface area (Å²) < 4.78 is 1.02. The lowest BCUT2D eigenvalue weighted by Crippen LogP contribution is -1.85. The highest BCUT2D eigenvalue weighted by atomic mass is 35.5. The van der Waals surface area contributed by atoms with Crippen molar-refractivity contribution in [3.8, 4) is 11.3 Å². The Hall–Kier alpha value is -1.45. The van der Waals surface area contributed by atoms with Crippen LogP contribution in [0.2, 0.25) is 5.02 Å². The number of hydrogen-bond acceptors (Lipinski definition) is 3. The van der Waals surface area contributed by atoms with E-state index >= 15 is 0 Å². The molecule has 3 rings (SSSR count). The zero-order valence-corrected chi connectivity index (χ0v) is 9.79. The summed E-state index contributed by atoms with van der Waals surface area (Å²) in [6, 6.07) is 11.8. The van der Waals surface area contributed by atoms with Gasteiger partial charge in [0.1, 0.15) is 0 Å². The SMILES string of the molecule is Clc1cc2scnc2nc1-c1ccccc1. The Morgan fingerprint density at radius 2 is 1.94 bits per heavy atom. The van der Waals surface area contributed by atoms with Gasteiger partial charge in [0, 0.05) is 5.56 Å². The quantitative estimate of drug-likeness (QED) is 0.648. The van der Waals surface area contributed by atoms with Crippen LogP contribution in [0.5, 0.6) is 0 Å². The van der Waals surface area contributed by atoms with E-state index in [1.165, 1.54) is 0 Å². The number of hydrogen-bond donors (Lipinski definition) is 0. The molecule has 0 N–H and O–H groups in total. The lowest BCUT2D eigenvalue weighted by Gasteiger charge is -2.02. The Bertz CT molecular complexity index is 634. The summed E-state index contributed by atoms with van der Waals surface area (Å²) in [5, 5.41) is 0.669. The minimum atomic E-state index is 0.669. The minimum absolute atomic E-state index is 0.669. The summed E-state index contributed by atoms with van der Waals surface area (Å²) in [6.07, 6.45) is 0. The van der Waals surface area contributed by atoms with Crippen molar-refractivity contribution in [2.75, 3.05) is 0 Å². The highest BCUT2D eigenvalue weighted by molar-refractivity contribution is 7.16. The molecule has 2 aromatic heterocycles. The third kappa shape index (κ3) is 1.58. The summed E-state index contributed by atoms with van der Waals surface area (Å²) in [5.41, 5.74) is 4.35. The molecule has 4 heteroatoms. The molecule has 0 aliphatic heterocycles.